The fraction of sp³-hybridized carbons (Fsp3) is 0.632. The molecule has 24 heavy (non-hydrogen) atoms. The van der Waals surface area contributed by atoms with E-state index >= 15 is 0 Å². The van der Waals surface area contributed by atoms with Gasteiger partial charge >= 0.3 is 0 Å². The van der Waals surface area contributed by atoms with Gasteiger partial charge in [0.2, 0.25) is 0 Å². The lowest BCUT2D eigenvalue weighted by molar-refractivity contribution is 0.0173. The predicted molar refractivity (Wildman–Crippen MR) is 98.3 cm³/mol. The summed E-state index contributed by atoms with van der Waals surface area (Å²) in [6.07, 6.45) is 1.11. The molecule has 1 unspecified atom stereocenters. The Morgan fingerprint density at radius 1 is 1.12 bits per heavy atom. The van der Waals surface area contributed by atoms with Crippen LogP contribution < -0.4 is 5.32 Å². The minimum Gasteiger partial charge on any atom is -0.357 e. The van der Waals surface area contributed by atoms with Gasteiger partial charge in [-0.25, -0.2) is 0 Å². The van der Waals surface area contributed by atoms with Crippen molar-refractivity contribution in [1.82, 2.24) is 20.0 Å². The molecule has 4 aliphatic heterocycles. The molecule has 130 valence electrons. The number of piperazine rings is 3. The number of nitrogens with zero attached hydrogens (tertiary/aromatic N) is 4. The topological polar surface area (TPSA) is 34.1 Å². The maximum absolute atomic E-state index is 5.02. The Balaban J connectivity index is 1.44. The Morgan fingerprint density at radius 3 is 2.62 bits per heavy atom. The number of hydrogen-bond donors (Lipinski definition) is 1. The van der Waals surface area contributed by atoms with Crippen LogP contribution in [0.5, 0.6) is 0 Å². The summed E-state index contributed by atoms with van der Waals surface area (Å²) in [5.41, 5.74) is 2.94. The van der Waals surface area contributed by atoms with Gasteiger partial charge in [-0.05, 0) is 24.5 Å². The molecular formula is C19H29N5. The van der Waals surface area contributed by atoms with Crippen molar-refractivity contribution in [3.05, 3.63) is 35.4 Å². The molecule has 5 rings (SSSR count). The zero-order valence-corrected chi connectivity index (χ0v) is 14.7. The average Bonchev–Trinajstić information content (AvgIpc) is 2.66. The van der Waals surface area contributed by atoms with Gasteiger partial charge in [-0.1, -0.05) is 24.3 Å². The van der Waals surface area contributed by atoms with Crippen molar-refractivity contribution < 1.29 is 0 Å². The van der Waals surface area contributed by atoms with Crippen molar-refractivity contribution in [1.29, 1.82) is 0 Å². The summed E-state index contributed by atoms with van der Waals surface area (Å²) in [5.74, 6) is 1.09. The van der Waals surface area contributed by atoms with Crippen LogP contribution in [0.4, 0.5) is 0 Å². The summed E-state index contributed by atoms with van der Waals surface area (Å²) in [6.45, 7) is 12.1. The molecule has 0 aliphatic carbocycles. The fourth-order valence-corrected chi connectivity index (χ4v) is 4.19. The monoisotopic (exact) mass is 327 g/mol. The molecule has 1 atom stereocenters. The molecule has 2 bridgehead atoms. The molecular weight excluding hydrogens is 298 g/mol. The third-order valence-corrected chi connectivity index (χ3v) is 5.61. The first-order valence-electron chi connectivity index (χ1n) is 9.40. The second-order valence-corrected chi connectivity index (χ2v) is 7.13. The van der Waals surface area contributed by atoms with Crippen molar-refractivity contribution >= 4 is 5.96 Å². The number of guanidine groups is 1. The molecule has 0 radical (unpaired) electrons. The highest BCUT2D eigenvalue weighted by Gasteiger charge is 2.31. The number of nitrogens with one attached hydrogen (secondary N) is 1. The highest BCUT2D eigenvalue weighted by Crippen LogP contribution is 2.19. The summed E-state index contributed by atoms with van der Waals surface area (Å²) in [5, 5.41) is 3.51. The molecule has 4 heterocycles. The van der Waals surface area contributed by atoms with Crippen molar-refractivity contribution in [3.63, 3.8) is 0 Å². The summed E-state index contributed by atoms with van der Waals surface area (Å²) < 4.78 is 0. The van der Waals surface area contributed by atoms with Crippen LogP contribution in [-0.4, -0.2) is 79.1 Å². The number of benzene rings is 1. The smallest absolute Gasteiger partial charge is 0.194 e. The second kappa shape index (κ2) is 7.11. The molecule has 0 saturated carbocycles. The highest BCUT2D eigenvalue weighted by molar-refractivity contribution is 5.80. The van der Waals surface area contributed by atoms with Crippen LogP contribution in [0.1, 0.15) is 18.1 Å². The van der Waals surface area contributed by atoms with E-state index in [9.17, 15) is 0 Å². The summed E-state index contributed by atoms with van der Waals surface area (Å²) in [6, 6.07) is 9.41. The van der Waals surface area contributed by atoms with E-state index in [0.717, 1.165) is 38.6 Å². The van der Waals surface area contributed by atoms with Crippen LogP contribution in [-0.2, 0) is 13.0 Å². The highest BCUT2D eigenvalue weighted by atomic mass is 15.4. The summed E-state index contributed by atoms with van der Waals surface area (Å²) in [4.78, 5) is 12.6. The maximum atomic E-state index is 5.02. The van der Waals surface area contributed by atoms with E-state index in [1.807, 2.05) is 0 Å². The van der Waals surface area contributed by atoms with Gasteiger partial charge < -0.3 is 10.2 Å². The number of hydrogen-bond acceptors (Lipinski definition) is 3. The Hall–Kier alpha value is -1.59. The van der Waals surface area contributed by atoms with E-state index in [2.05, 4.69) is 51.2 Å². The van der Waals surface area contributed by atoms with Crippen molar-refractivity contribution in [2.75, 3.05) is 52.4 Å². The van der Waals surface area contributed by atoms with Crippen LogP contribution >= 0.6 is 0 Å². The van der Waals surface area contributed by atoms with E-state index in [1.165, 1.54) is 43.9 Å². The molecule has 1 aromatic rings. The fourth-order valence-electron chi connectivity index (χ4n) is 4.19. The Kier molecular flexibility index (Phi) is 4.72. The van der Waals surface area contributed by atoms with Crippen LogP contribution in [0.2, 0.25) is 0 Å². The van der Waals surface area contributed by atoms with Crippen molar-refractivity contribution in [3.8, 4) is 0 Å². The Labute approximate surface area is 145 Å². The van der Waals surface area contributed by atoms with Crippen LogP contribution in [0, 0.1) is 0 Å². The molecule has 1 aromatic carbocycles. The molecule has 3 fully saturated rings. The van der Waals surface area contributed by atoms with Crippen molar-refractivity contribution in [2.45, 2.75) is 25.9 Å². The van der Waals surface area contributed by atoms with E-state index in [1.54, 1.807) is 0 Å². The normalized spacial score (nSPS) is 29.5. The Bertz CT molecular complexity index is 591. The minimum atomic E-state index is 0.596. The Morgan fingerprint density at radius 2 is 1.92 bits per heavy atom. The summed E-state index contributed by atoms with van der Waals surface area (Å²) in [7, 11) is 0. The molecule has 0 spiro atoms. The molecule has 3 saturated heterocycles. The van der Waals surface area contributed by atoms with E-state index in [-0.39, 0.29) is 0 Å². The second-order valence-electron chi connectivity index (χ2n) is 7.13. The van der Waals surface area contributed by atoms with Gasteiger partial charge in [-0.2, -0.15) is 0 Å². The van der Waals surface area contributed by atoms with Gasteiger partial charge in [0.15, 0.2) is 5.96 Å². The van der Waals surface area contributed by atoms with Gasteiger partial charge in [0.05, 0.1) is 6.54 Å². The van der Waals surface area contributed by atoms with Crippen LogP contribution in [0.15, 0.2) is 29.3 Å². The molecule has 1 N–H and O–H groups in total. The first-order chi connectivity index (χ1) is 11.8. The molecule has 0 aromatic heterocycles. The zero-order valence-electron chi connectivity index (χ0n) is 14.7. The van der Waals surface area contributed by atoms with Crippen LogP contribution in [0.3, 0.4) is 0 Å². The molecule has 4 aliphatic rings. The van der Waals surface area contributed by atoms with Crippen molar-refractivity contribution in [2.24, 2.45) is 4.99 Å². The van der Waals surface area contributed by atoms with Gasteiger partial charge in [-0.15, -0.1) is 0 Å². The minimum absolute atomic E-state index is 0.596. The predicted octanol–water partition coefficient (Wildman–Crippen LogP) is 1.01. The first kappa shape index (κ1) is 15.9. The third-order valence-electron chi connectivity index (χ3n) is 5.61. The number of fused-ring (bicyclic) bond motifs is 4. The molecule has 0 amide bonds. The quantitative estimate of drug-likeness (QED) is 0.664. The van der Waals surface area contributed by atoms with E-state index < -0.39 is 0 Å². The van der Waals surface area contributed by atoms with Crippen LogP contribution in [0.25, 0.3) is 0 Å². The number of rotatable bonds is 3. The van der Waals surface area contributed by atoms with Gasteiger partial charge in [0.1, 0.15) is 0 Å². The molecule has 5 heteroatoms. The largest absolute Gasteiger partial charge is 0.357 e. The average molecular weight is 327 g/mol. The van der Waals surface area contributed by atoms with Gasteiger partial charge in [0, 0.05) is 58.4 Å². The number of aliphatic imine (C=N–C) groups is 1. The SMILES string of the molecule is CCNC(=NCC1CN2CCN1CC2)N1CCc2ccccc2C1. The standard InChI is InChI=1S/C19H29N5/c1-2-20-19(21-13-18-15-22-9-11-23(18)12-10-22)24-8-7-16-5-3-4-6-17(16)14-24/h3-6,18H,2,7-15H2,1H3,(H,20,21). The lowest BCUT2D eigenvalue weighted by Gasteiger charge is -2.47. The van der Waals surface area contributed by atoms with Gasteiger partial charge in [-0.3, -0.25) is 14.8 Å². The lowest BCUT2D eigenvalue weighted by Crippen LogP contribution is -2.62. The molecule has 5 nitrogen and oxygen atoms in total. The van der Waals surface area contributed by atoms with E-state index in [4.69, 9.17) is 4.99 Å². The first-order valence-corrected chi connectivity index (χ1v) is 9.40. The lowest BCUT2D eigenvalue weighted by atomic mass is 10.0. The van der Waals surface area contributed by atoms with E-state index in [0.29, 0.717) is 6.04 Å². The third kappa shape index (κ3) is 3.28. The zero-order chi connectivity index (χ0) is 16.4. The van der Waals surface area contributed by atoms with Gasteiger partial charge in [0.25, 0.3) is 0 Å². The maximum Gasteiger partial charge on any atom is 0.194 e. The summed E-state index contributed by atoms with van der Waals surface area (Å²) >= 11 is 0.